The summed E-state index contributed by atoms with van der Waals surface area (Å²) in [6.07, 6.45) is 5.88. The van der Waals surface area contributed by atoms with E-state index in [9.17, 15) is 13.2 Å². The van der Waals surface area contributed by atoms with Crippen LogP contribution in [0.2, 0.25) is 0 Å². The molecule has 0 aromatic heterocycles. The number of nitrogens with zero attached hydrogens (tertiary/aromatic N) is 3. The first kappa shape index (κ1) is 20.0. The number of hydrogen-bond donors (Lipinski definition) is 0. The second-order valence-electron chi connectivity index (χ2n) is 7.86. The average molecular weight is 394 g/mol. The van der Waals surface area contributed by atoms with Gasteiger partial charge in [-0.2, -0.15) is 0 Å². The van der Waals surface area contributed by atoms with Crippen LogP contribution in [0.1, 0.15) is 39.0 Å². The zero-order valence-electron chi connectivity index (χ0n) is 16.4. The van der Waals surface area contributed by atoms with Crippen LogP contribution in [-0.4, -0.2) is 58.2 Å². The van der Waals surface area contributed by atoms with E-state index in [0.29, 0.717) is 11.6 Å². The van der Waals surface area contributed by atoms with E-state index in [1.807, 2.05) is 29.2 Å². The van der Waals surface area contributed by atoms with Crippen molar-refractivity contribution in [3.63, 3.8) is 0 Å². The van der Waals surface area contributed by atoms with Crippen molar-refractivity contribution in [2.24, 2.45) is 5.92 Å². The number of amides is 1. The number of rotatable bonds is 6. The summed E-state index contributed by atoms with van der Waals surface area (Å²) in [5, 5.41) is 0. The van der Waals surface area contributed by atoms with Gasteiger partial charge >= 0.3 is 0 Å². The highest BCUT2D eigenvalue weighted by atomic mass is 32.2. The summed E-state index contributed by atoms with van der Waals surface area (Å²) < 4.78 is 25.9. The van der Waals surface area contributed by atoms with Crippen molar-refractivity contribution in [2.45, 2.75) is 39.0 Å². The number of piperidine rings is 1. The van der Waals surface area contributed by atoms with Gasteiger partial charge in [-0.15, -0.1) is 0 Å². The summed E-state index contributed by atoms with van der Waals surface area (Å²) in [6, 6.07) is 7.66. The fourth-order valence-electron chi connectivity index (χ4n) is 3.90. The standard InChI is InChI=1S/C20H31N3O3S/c1-17-9-14-22(15-10-17)20(24)11-16-23(27(2,25)26)19-7-5-18(6-8-19)21-12-3-4-13-21/h5-8,17H,3-4,9-16H2,1-2H3. The zero-order chi connectivity index (χ0) is 19.4. The summed E-state index contributed by atoms with van der Waals surface area (Å²) in [4.78, 5) is 16.7. The third-order valence-electron chi connectivity index (χ3n) is 5.67. The van der Waals surface area contributed by atoms with E-state index in [1.165, 1.54) is 23.4 Å². The monoisotopic (exact) mass is 393 g/mol. The van der Waals surface area contributed by atoms with Crippen molar-refractivity contribution >= 4 is 27.3 Å². The van der Waals surface area contributed by atoms with E-state index in [0.717, 1.165) is 44.7 Å². The number of carbonyl (C=O) groups is 1. The first-order chi connectivity index (χ1) is 12.8. The van der Waals surface area contributed by atoms with Gasteiger partial charge in [-0.1, -0.05) is 6.92 Å². The highest BCUT2D eigenvalue weighted by Crippen LogP contribution is 2.25. The molecule has 0 atom stereocenters. The van der Waals surface area contributed by atoms with Crippen molar-refractivity contribution in [1.29, 1.82) is 0 Å². The largest absolute Gasteiger partial charge is 0.372 e. The molecule has 6 nitrogen and oxygen atoms in total. The van der Waals surface area contributed by atoms with Gasteiger partial charge in [0.2, 0.25) is 15.9 Å². The summed E-state index contributed by atoms with van der Waals surface area (Å²) >= 11 is 0. The van der Waals surface area contributed by atoms with Crippen LogP contribution >= 0.6 is 0 Å². The molecule has 1 amide bonds. The van der Waals surface area contributed by atoms with E-state index >= 15 is 0 Å². The molecule has 3 rings (SSSR count). The molecule has 2 heterocycles. The molecule has 27 heavy (non-hydrogen) atoms. The molecule has 1 aromatic carbocycles. The van der Waals surface area contributed by atoms with Gasteiger partial charge in [0, 0.05) is 44.8 Å². The van der Waals surface area contributed by atoms with Crippen LogP contribution in [-0.2, 0) is 14.8 Å². The molecule has 7 heteroatoms. The number of benzene rings is 1. The first-order valence-electron chi connectivity index (χ1n) is 9.95. The Morgan fingerprint density at radius 3 is 2.22 bits per heavy atom. The smallest absolute Gasteiger partial charge is 0.232 e. The van der Waals surface area contributed by atoms with Crippen LogP contribution in [0.4, 0.5) is 11.4 Å². The quantitative estimate of drug-likeness (QED) is 0.746. The van der Waals surface area contributed by atoms with E-state index in [-0.39, 0.29) is 18.9 Å². The molecule has 2 aliphatic heterocycles. The Bertz CT molecular complexity index is 734. The molecule has 0 unspecified atom stereocenters. The van der Waals surface area contributed by atoms with E-state index < -0.39 is 10.0 Å². The molecule has 0 saturated carbocycles. The Balaban J connectivity index is 1.64. The maximum Gasteiger partial charge on any atom is 0.232 e. The molecule has 0 bridgehead atoms. The molecule has 2 saturated heterocycles. The Kier molecular flexibility index (Phi) is 6.29. The lowest BCUT2D eigenvalue weighted by molar-refractivity contribution is -0.132. The Morgan fingerprint density at radius 2 is 1.67 bits per heavy atom. The minimum Gasteiger partial charge on any atom is -0.372 e. The van der Waals surface area contributed by atoms with Crippen LogP contribution in [0.3, 0.4) is 0 Å². The van der Waals surface area contributed by atoms with Crippen molar-refractivity contribution in [3.05, 3.63) is 24.3 Å². The number of likely N-dealkylation sites (tertiary alicyclic amines) is 1. The van der Waals surface area contributed by atoms with Crippen molar-refractivity contribution in [3.8, 4) is 0 Å². The van der Waals surface area contributed by atoms with Crippen LogP contribution in [0.25, 0.3) is 0 Å². The van der Waals surface area contributed by atoms with Gasteiger partial charge in [0.25, 0.3) is 0 Å². The lowest BCUT2D eigenvalue weighted by Gasteiger charge is -2.31. The molecule has 2 aliphatic rings. The van der Waals surface area contributed by atoms with Gasteiger partial charge in [0.1, 0.15) is 0 Å². The molecule has 0 spiro atoms. The zero-order valence-corrected chi connectivity index (χ0v) is 17.2. The molecule has 2 fully saturated rings. The third-order valence-corrected chi connectivity index (χ3v) is 6.87. The molecular formula is C20H31N3O3S. The second kappa shape index (κ2) is 8.50. The maximum atomic E-state index is 12.5. The highest BCUT2D eigenvalue weighted by Gasteiger charge is 2.23. The van der Waals surface area contributed by atoms with Crippen LogP contribution < -0.4 is 9.21 Å². The van der Waals surface area contributed by atoms with Crippen molar-refractivity contribution in [1.82, 2.24) is 4.90 Å². The van der Waals surface area contributed by atoms with Gasteiger partial charge in [-0.25, -0.2) is 8.42 Å². The summed E-state index contributed by atoms with van der Waals surface area (Å²) in [6.45, 7) is 6.06. The van der Waals surface area contributed by atoms with Crippen LogP contribution in [0.5, 0.6) is 0 Å². The molecular weight excluding hydrogens is 362 g/mol. The van der Waals surface area contributed by atoms with Crippen LogP contribution in [0.15, 0.2) is 24.3 Å². The highest BCUT2D eigenvalue weighted by molar-refractivity contribution is 7.92. The fourth-order valence-corrected chi connectivity index (χ4v) is 4.83. The minimum atomic E-state index is -3.44. The lowest BCUT2D eigenvalue weighted by atomic mass is 9.99. The fraction of sp³-hybridized carbons (Fsp3) is 0.650. The van der Waals surface area contributed by atoms with Gasteiger partial charge in [-0.3, -0.25) is 9.10 Å². The Labute approximate surface area is 163 Å². The predicted octanol–water partition coefficient (Wildman–Crippen LogP) is 2.70. The lowest BCUT2D eigenvalue weighted by Crippen LogP contribution is -2.40. The average Bonchev–Trinajstić information content (AvgIpc) is 3.16. The maximum absolute atomic E-state index is 12.5. The predicted molar refractivity (Wildman–Crippen MR) is 110 cm³/mol. The topological polar surface area (TPSA) is 60.9 Å². The number of hydrogen-bond acceptors (Lipinski definition) is 4. The molecule has 1 aromatic rings. The van der Waals surface area contributed by atoms with Crippen LogP contribution in [0, 0.1) is 5.92 Å². The van der Waals surface area contributed by atoms with E-state index in [2.05, 4.69) is 11.8 Å². The Morgan fingerprint density at radius 1 is 1.07 bits per heavy atom. The molecule has 150 valence electrons. The number of anilines is 2. The van der Waals surface area contributed by atoms with Gasteiger partial charge in [0.05, 0.1) is 11.9 Å². The molecule has 0 N–H and O–H groups in total. The van der Waals surface area contributed by atoms with Gasteiger partial charge in [0.15, 0.2) is 0 Å². The number of carbonyl (C=O) groups excluding carboxylic acids is 1. The Hall–Kier alpha value is -1.76. The number of sulfonamides is 1. The second-order valence-corrected chi connectivity index (χ2v) is 9.77. The minimum absolute atomic E-state index is 0.0456. The van der Waals surface area contributed by atoms with Crippen molar-refractivity contribution < 1.29 is 13.2 Å². The van der Waals surface area contributed by atoms with Gasteiger partial charge < -0.3 is 9.80 Å². The SMILES string of the molecule is CC1CCN(C(=O)CCN(c2ccc(N3CCCC3)cc2)S(C)(=O)=O)CC1. The molecule has 0 radical (unpaired) electrons. The first-order valence-corrected chi connectivity index (χ1v) is 11.8. The molecule has 0 aliphatic carbocycles. The normalized spacial score (nSPS) is 18.7. The third kappa shape index (κ3) is 5.15. The van der Waals surface area contributed by atoms with Crippen molar-refractivity contribution in [2.75, 3.05) is 48.2 Å². The summed E-state index contributed by atoms with van der Waals surface area (Å²) in [5.41, 5.74) is 1.75. The summed E-state index contributed by atoms with van der Waals surface area (Å²) in [5.74, 6) is 0.708. The van der Waals surface area contributed by atoms with E-state index in [1.54, 1.807) is 0 Å². The summed E-state index contributed by atoms with van der Waals surface area (Å²) in [7, 11) is -3.44. The van der Waals surface area contributed by atoms with Gasteiger partial charge in [-0.05, 0) is 55.9 Å². The van der Waals surface area contributed by atoms with E-state index in [4.69, 9.17) is 0 Å².